The number of benzene rings is 3. The van der Waals surface area contributed by atoms with Crippen LogP contribution in [-0.4, -0.2) is 4.40 Å². The van der Waals surface area contributed by atoms with E-state index in [-0.39, 0.29) is 5.41 Å². The Morgan fingerprint density at radius 2 is 1.47 bits per heavy atom. The molecule has 3 aromatic carbocycles. The molecule has 162 valence electrons. The standard InChI is InChI=1S/C30H33N2/c1-19-10-8-11-20(2)27(19)26-18-31(7)29-28-21(3)12-9-13-23(28)24-16-22(17-30(4,5)6)14-15-25(24)32(26)29/h8-16,18H,17H2,1-7H3/q+1. The van der Waals surface area contributed by atoms with Gasteiger partial charge in [-0.1, -0.05) is 63.2 Å². The highest BCUT2D eigenvalue weighted by Gasteiger charge is 2.26. The maximum absolute atomic E-state index is 2.49. The molecular weight excluding hydrogens is 388 g/mol. The Hall–Kier alpha value is -3.13. The van der Waals surface area contributed by atoms with Gasteiger partial charge in [0.15, 0.2) is 5.69 Å². The first-order valence-corrected chi connectivity index (χ1v) is 11.6. The van der Waals surface area contributed by atoms with Crippen molar-refractivity contribution in [3.05, 3.63) is 83.0 Å². The first kappa shape index (κ1) is 20.8. The lowest BCUT2D eigenvalue weighted by molar-refractivity contribution is -0.643. The summed E-state index contributed by atoms with van der Waals surface area (Å²) < 4.78 is 4.79. The molecule has 0 amide bonds. The van der Waals surface area contributed by atoms with Crippen molar-refractivity contribution in [2.24, 2.45) is 12.5 Å². The number of fused-ring (bicyclic) bond motifs is 6. The van der Waals surface area contributed by atoms with E-state index in [1.165, 1.54) is 60.8 Å². The average molecular weight is 422 g/mol. The highest BCUT2D eigenvalue weighted by Crippen LogP contribution is 2.36. The quantitative estimate of drug-likeness (QED) is 0.209. The third kappa shape index (κ3) is 3.21. The molecule has 0 saturated heterocycles. The predicted molar refractivity (Wildman–Crippen MR) is 136 cm³/mol. The molecule has 2 heterocycles. The molecule has 5 rings (SSSR count). The summed E-state index contributed by atoms with van der Waals surface area (Å²) in [6.45, 7) is 13.6. The van der Waals surface area contributed by atoms with E-state index in [0.29, 0.717) is 0 Å². The van der Waals surface area contributed by atoms with Gasteiger partial charge in [-0.05, 0) is 67.0 Å². The van der Waals surface area contributed by atoms with Crippen LogP contribution in [0.3, 0.4) is 0 Å². The van der Waals surface area contributed by atoms with Crippen LogP contribution in [-0.2, 0) is 13.5 Å². The Morgan fingerprint density at radius 3 is 2.16 bits per heavy atom. The van der Waals surface area contributed by atoms with Crippen LogP contribution in [0.5, 0.6) is 0 Å². The maximum atomic E-state index is 2.49. The van der Waals surface area contributed by atoms with Crippen LogP contribution in [0.15, 0.2) is 60.8 Å². The highest BCUT2D eigenvalue weighted by atomic mass is 15.1. The molecule has 2 heteroatoms. The van der Waals surface area contributed by atoms with E-state index in [0.717, 1.165) is 6.42 Å². The van der Waals surface area contributed by atoms with Crippen LogP contribution in [0.1, 0.15) is 43.0 Å². The lowest BCUT2D eigenvalue weighted by Gasteiger charge is -2.18. The second-order valence-corrected chi connectivity index (χ2v) is 10.6. The van der Waals surface area contributed by atoms with Gasteiger partial charge in [-0.2, -0.15) is 4.40 Å². The third-order valence-electron chi connectivity index (χ3n) is 6.66. The number of pyridine rings is 1. The number of nitrogens with zero attached hydrogens (tertiary/aromatic N) is 2. The van der Waals surface area contributed by atoms with Crippen molar-refractivity contribution < 1.29 is 4.57 Å². The van der Waals surface area contributed by atoms with Gasteiger partial charge in [0.25, 0.3) is 5.65 Å². The Kier molecular flexibility index (Phi) is 4.67. The van der Waals surface area contributed by atoms with Crippen molar-refractivity contribution in [1.82, 2.24) is 4.40 Å². The first-order valence-electron chi connectivity index (χ1n) is 11.6. The Labute approximate surface area is 191 Å². The summed E-state index contributed by atoms with van der Waals surface area (Å²) in [6, 6.07) is 20.4. The van der Waals surface area contributed by atoms with Crippen LogP contribution >= 0.6 is 0 Å². The van der Waals surface area contributed by atoms with Crippen LogP contribution in [0, 0.1) is 26.2 Å². The summed E-state index contributed by atoms with van der Waals surface area (Å²) in [7, 11) is 2.18. The minimum absolute atomic E-state index is 0.257. The van der Waals surface area contributed by atoms with Crippen molar-refractivity contribution >= 4 is 27.3 Å². The number of hydrogen-bond donors (Lipinski definition) is 0. The molecule has 2 aromatic heterocycles. The summed E-state index contributed by atoms with van der Waals surface area (Å²) in [6.07, 6.45) is 3.37. The second kappa shape index (κ2) is 7.20. The van der Waals surface area contributed by atoms with Gasteiger partial charge in [0.2, 0.25) is 0 Å². The van der Waals surface area contributed by atoms with Gasteiger partial charge < -0.3 is 0 Å². The van der Waals surface area contributed by atoms with Gasteiger partial charge in [0.05, 0.1) is 12.4 Å². The monoisotopic (exact) mass is 421 g/mol. The van der Waals surface area contributed by atoms with E-state index in [9.17, 15) is 0 Å². The summed E-state index contributed by atoms with van der Waals surface area (Å²) in [4.78, 5) is 0. The van der Waals surface area contributed by atoms with Crippen molar-refractivity contribution in [2.75, 3.05) is 0 Å². The van der Waals surface area contributed by atoms with Crippen LogP contribution in [0.25, 0.3) is 38.6 Å². The zero-order chi connectivity index (χ0) is 22.8. The maximum Gasteiger partial charge on any atom is 0.295 e. The molecule has 32 heavy (non-hydrogen) atoms. The molecule has 0 radical (unpaired) electrons. The van der Waals surface area contributed by atoms with Crippen molar-refractivity contribution in [3.8, 4) is 11.3 Å². The van der Waals surface area contributed by atoms with Gasteiger partial charge in [0.1, 0.15) is 11.7 Å². The minimum Gasteiger partial charge on any atom is -0.232 e. The summed E-state index contributed by atoms with van der Waals surface area (Å²) in [5.41, 5.74) is 10.7. The second-order valence-electron chi connectivity index (χ2n) is 10.6. The summed E-state index contributed by atoms with van der Waals surface area (Å²) in [5.74, 6) is 0. The minimum atomic E-state index is 0.257. The van der Waals surface area contributed by atoms with Gasteiger partial charge in [-0.3, -0.25) is 0 Å². The lowest BCUT2D eigenvalue weighted by Crippen LogP contribution is -2.26. The smallest absolute Gasteiger partial charge is 0.232 e. The van der Waals surface area contributed by atoms with Crippen molar-refractivity contribution in [3.63, 3.8) is 0 Å². The molecule has 0 spiro atoms. The zero-order valence-electron chi connectivity index (χ0n) is 20.4. The Bertz CT molecular complexity index is 1490. The van der Waals surface area contributed by atoms with E-state index in [4.69, 9.17) is 0 Å². The van der Waals surface area contributed by atoms with Crippen molar-refractivity contribution in [2.45, 2.75) is 48.0 Å². The fourth-order valence-electron chi connectivity index (χ4n) is 5.41. The van der Waals surface area contributed by atoms with Gasteiger partial charge in [0, 0.05) is 16.3 Å². The van der Waals surface area contributed by atoms with Crippen LogP contribution < -0.4 is 4.57 Å². The van der Waals surface area contributed by atoms with E-state index < -0.39 is 0 Å². The number of aromatic nitrogens is 2. The molecule has 0 fully saturated rings. The SMILES string of the molecule is Cc1cccc(C)c1-c1c[n+](C)c2c3c(C)cccc3c3cc(CC(C)(C)C)ccc3n12. The molecule has 5 aromatic rings. The molecule has 0 aliphatic heterocycles. The number of rotatable bonds is 2. The summed E-state index contributed by atoms with van der Waals surface area (Å²) >= 11 is 0. The third-order valence-corrected chi connectivity index (χ3v) is 6.66. The first-order chi connectivity index (χ1) is 15.2. The van der Waals surface area contributed by atoms with E-state index in [1.807, 2.05) is 0 Å². The van der Waals surface area contributed by atoms with E-state index in [1.54, 1.807) is 0 Å². The van der Waals surface area contributed by atoms with E-state index >= 15 is 0 Å². The number of hydrogen-bond acceptors (Lipinski definition) is 0. The molecule has 0 unspecified atom stereocenters. The molecule has 0 N–H and O–H groups in total. The molecule has 2 nitrogen and oxygen atoms in total. The number of aryl methyl sites for hydroxylation is 4. The molecule has 0 aliphatic rings. The molecule has 0 saturated carbocycles. The molecule has 0 atom stereocenters. The summed E-state index contributed by atoms with van der Waals surface area (Å²) in [5, 5.41) is 4.01. The Balaban J connectivity index is 2.00. The van der Waals surface area contributed by atoms with Gasteiger partial charge in [-0.25, -0.2) is 4.57 Å². The number of imidazole rings is 1. The average Bonchev–Trinajstić information content (AvgIpc) is 3.04. The Morgan fingerprint density at radius 1 is 0.812 bits per heavy atom. The fraction of sp³-hybridized carbons (Fsp3) is 0.300. The molecule has 0 bridgehead atoms. The van der Waals surface area contributed by atoms with Crippen molar-refractivity contribution in [1.29, 1.82) is 0 Å². The van der Waals surface area contributed by atoms with E-state index in [2.05, 4.69) is 118 Å². The molecule has 0 aliphatic carbocycles. The fourth-order valence-corrected chi connectivity index (χ4v) is 5.41. The molecular formula is C30H33N2+. The lowest BCUT2D eigenvalue weighted by atomic mass is 9.87. The highest BCUT2D eigenvalue weighted by molar-refractivity contribution is 6.13. The predicted octanol–water partition coefficient (Wildman–Crippen LogP) is 7.25. The zero-order valence-corrected chi connectivity index (χ0v) is 20.4. The van der Waals surface area contributed by atoms with Gasteiger partial charge >= 0.3 is 0 Å². The van der Waals surface area contributed by atoms with Crippen LogP contribution in [0.2, 0.25) is 0 Å². The topological polar surface area (TPSA) is 8.29 Å². The van der Waals surface area contributed by atoms with Crippen LogP contribution in [0.4, 0.5) is 0 Å². The largest absolute Gasteiger partial charge is 0.295 e. The van der Waals surface area contributed by atoms with Gasteiger partial charge in [-0.15, -0.1) is 0 Å². The normalized spacial score (nSPS) is 12.3.